The lowest BCUT2D eigenvalue weighted by Crippen LogP contribution is -2.43. The molecule has 3 N–H and O–H groups in total. The Balaban J connectivity index is 0.000000208. The van der Waals surface area contributed by atoms with Crippen molar-refractivity contribution in [3.05, 3.63) is 53.3 Å². The summed E-state index contributed by atoms with van der Waals surface area (Å²) in [5.41, 5.74) is 11.0. The topological polar surface area (TPSA) is 144 Å². The Kier molecular flexibility index (Phi) is 8.06. The maximum atomic E-state index is 11.9. The smallest absolute Gasteiger partial charge is 0.265 e. The van der Waals surface area contributed by atoms with Crippen molar-refractivity contribution in [1.82, 2.24) is 4.98 Å². The third-order valence-corrected chi connectivity index (χ3v) is 12.7. The zero-order chi connectivity index (χ0) is 33.1. The Bertz CT molecular complexity index is 1790. The monoisotopic (exact) mass is 644 g/mol. The molecule has 244 valence electrons. The summed E-state index contributed by atoms with van der Waals surface area (Å²) >= 11 is 0. The minimum atomic E-state index is -4.08. The molecule has 0 saturated heterocycles. The van der Waals surface area contributed by atoms with Crippen molar-refractivity contribution in [2.24, 2.45) is 37.9 Å². The van der Waals surface area contributed by atoms with E-state index in [9.17, 15) is 13.2 Å². The lowest BCUT2D eigenvalue weighted by molar-refractivity contribution is -0.128. The number of carbonyl (C=O) groups is 1. The number of ketones is 1. The van der Waals surface area contributed by atoms with Gasteiger partial charge in [-0.05, 0) is 93.4 Å². The lowest BCUT2D eigenvalue weighted by Gasteiger charge is -2.44. The summed E-state index contributed by atoms with van der Waals surface area (Å²) in [4.78, 5) is 26.5. The van der Waals surface area contributed by atoms with Crippen molar-refractivity contribution in [1.29, 1.82) is 0 Å². The first-order valence-electron chi connectivity index (χ1n) is 16.1. The number of methoxy groups -OCH3 is 1. The number of ether oxygens (including phenoxy) is 1. The number of nitrogens with zero attached hydrogens (tertiary/aromatic N) is 3. The third kappa shape index (κ3) is 5.11. The van der Waals surface area contributed by atoms with Crippen LogP contribution in [0.4, 0.5) is 0 Å². The second-order valence-corrected chi connectivity index (χ2v) is 15.8. The fourth-order valence-electron chi connectivity index (χ4n) is 9.08. The zero-order valence-electron chi connectivity index (χ0n) is 27.4. The highest BCUT2D eigenvalue weighted by atomic mass is 32.2. The van der Waals surface area contributed by atoms with Gasteiger partial charge in [0.15, 0.2) is 5.66 Å². The average Bonchev–Trinajstić information content (AvgIpc) is 3.60. The van der Waals surface area contributed by atoms with Gasteiger partial charge in [0.1, 0.15) is 11.6 Å². The molecule has 2 heterocycles. The normalized spacial score (nSPS) is 29.9. The van der Waals surface area contributed by atoms with Gasteiger partial charge in [0.2, 0.25) is 0 Å². The molecule has 3 fully saturated rings. The summed E-state index contributed by atoms with van der Waals surface area (Å²) in [7, 11) is -2.26. The summed E-state index contributed by atoms with van der Waals surface area (Å²) in [6.45, 7) is 7.70. The Hall–Kier alpha value is -3.39. The Morgan fingerprint density at radius 3 is 2.37 bits per heavy atom. The number of benzene rings is 1. The molecule has 0 amide bonds. The summed E-state index contributed by atoms with van der Waals surface area (Å²) in [5.74, 6) is 6.52. The van der Waals surface area contributed by atoms with Crippen molar-refractivity contribution in [3.8, 4) is 23.0 Å². The number of amidine groups is 1. The van der Waals surface area contributed by atoms with Gasteiger partial charge in [-0.1, -0.05) is 31.9 Å². The molecule has 3 saturated carbocycles. The first kappa shape index (κ1) is 32.5. The van der Waals surface area contributed by atoms with Crippen LogP contribution in [0.2, 0.25) is 0 Å². The van der Waals surface area contributed by atoms with E-state index in [4.69, 9.17) is 25.0 Å². The number of hydrogen-bond acceptors (Lipinski definition) is 8. The maximum Gasteiger partial charge on any atom is 0.265 e. The van der Waals surface area contributed by atoms with Crippen LogP contribution in [0.15, 0.2) is 46.6 Å². The van der Waals surface area contributed by atoms with Crippen LogP contribution in [0.5, 0.6) is 0 Å². The second-order valence-electron chi connectivity index (χ2n) is 14.4. The van der Waals surface area contributed by atoms with E-state index >= 15 is 0 Å². The Labute approximate surface area is 272 Å². The largest absolute Gasteiger partial charge is 0.382 e. The van der Waals surface area contributed by atoms with Crippen LogP contribution < -0.4 is 5.73 Å². The van der Waals surface area contributed by atoms with E-state index in [1.165, 1.54) is 11.1 Å². The molecule has 2 aromatic rings. The van der Waals surface area contributed by atoms with Gasteiger partial charge in [0.05, 0.1) is 23.0 Å². The molecule has 5 aliphatic rings. The van der Waals surface area contributed by atoms with Crippen molar-refractivity contribution in [2.45, 2.75) is 90.8 Å². The van der Waals surface area contributed by atoms with E-state index in [0.717, 1.165) is 60.9 Å². The molecule has 46 heavy (non-hydrogen) atoms. The van der Waals surface area contributed by atoms with E-state index in [2.05, 4.69) is 41.1 Å². The number of aliphatic imine (C=N–C) groups is 2. The minimum absolute atomic E-state index is 0.0152. The van der Waals surface area contributed by atoms with Crippen molar-refractivity contribution in [3.63, 3.8) is 0 Å². The summed E-state index contributed by atoms with van der Waals surface area (Å²) in [5, 5.41) is 0. The van der Waals surface area contributed by atoms with Gasteiger partial charge in [-0.3, -0.25) is 19.3 Å². The molecular weight excluding hydrogens is 600 g/mol. The van der Waals surface area contributed by atoms with Crippen LogP contribution in [0.25, 0.3) is 11.1 Å². The van der Waals surface area contributed by atoms with Crippen LogP contribution in [-0.4, -0.2) is 54.3 Å². The van der Waals surface area contributed by atoms with Crippen LogP contribution in [0.3, 0.4) is 0 Å². The number of hydrogen-bond donors (Lipinski definition) is 2. The van der Waals surface area contributed by atoms with Gasteiger partial charge in [0.25, 0.3) is 10.1 Å². The van der Waals surface area contributed by atoms with E-state index < -0.39 is 26.9 Å². The standard InChI is InChI=1S/C26H28N4O.C10H16O4S/c1-4-5-18-12-21(16-28-15-18)19-6-7-20-14-25(10-8-22(31-3)9-11-25)26(23(20)13-19)29-17(2)24(27)30-26;1-9(2)7-3-4-10(9,8(11)5-7)6-15(12,13)14/h6-7,12-13,15-16,22H,8-11,14H2,1-3H3,(H2,27,30);7H,3-6H2,1-2H3,(H,12,13,14)/t22?,25?,26-;7?,10-/m01/s1. The van der Waals surface area contributed by atoms with Crippen molar-refractivity contribution >= 4 is 27.4 Å². The van der Waals surface area contributed by atoms with Gasteiger partial charge in [-0.2, -0.15) is 8.42 Å². The molecule has 4 aliphatic carbocycles. The lowest BCUT2D eigenvalue weighted by atomic mass is 9.65. The first-order valence-corrected chi connectivity index (χ1v) is 17.8. The average molecular weight is 645 g/mol. The van der Waals surface area contributed by atoms with Gasteiger partial charge < -0.3 is 10.5 Å². The summed E-state index contributed by atoms with van der Waals surface area (Å²) in [6.07, 6.45) is 11.1. The van der Waals surface area contributed by atoms with Crippen LogP contribution in [-0.2, 0) is 31.7 Å². The highest BCUT2D eigenvalue weighted by Crippen LogP contribution is 2.64. The number of rotatable bonds is 4. The molecule has 9 nitrogen and oxygen atoms in total. The molecular formula is C36H44N4O5S. The second kappa shape index (κ2) is 11.4. The molecule has 0 radical (unpaired) electrons. The third-order valence-electron chi connectivity index (χ3n) is 11.9. The highest BCUT2D eigenvalue weighted by molar-refractivity contribution is 7.85. The number of Topliss-reactive ketones (excluding diaryl/α,β-unsaturated/α-hetero) is 1. The molecule has 2 spiro atoms. The molecule has 2 bridgehead atoms. The fraction of sp³-hybridized carbons (Fsp3) is 0.556. The van der Waals surface area contributed by atoms with Crippen LogP contribution in [0, 0.1) is 34.0 Å². The molecule has 3 atom stereocenters. The molecule has 1 aromatic carbocycles. The quantitative estimate of drug-likeness (QED) is 0.330. The molecule has 1 unspecified atom stereocenters. The minimum Gasteiger partial charge on any atom is -0.382 e. The van der Waals surface area contributed by atoms with Crippen molar-refractivity contribution in [2.75, 3.05) is 12.9 Å². The number of carbonyl (C=O) groups excluding carboxylic acids is 1. The Morgan fingerprint density at radius 1 is 1.07 bits per heavy atom. The summed E-state index contributed by atoms with van der Waals surface area (Å²) < 4.78 is 36.6. The number of aromatic nitrogens is 1. The van der Waals surface area contributed by atoms with E-state index in [1.807, 2.05) is 41.0 Å². The van der Waals surface area contributed by atoms with Gasteiger partial charge in [-0.15, -0.1) is 5.92 Å². The van der Waals surface area contributed by atoms with Gasteiger partial charge in [0, 0.05) is 48.0 Å². The number of nitrogens with two attached hydrogens (primary N) is 1. The Morgan fingerprint density at radius 2 is 1.80 bits per heavy atom. The van der Waals surface area contributed by atoms with Crippen LogP contribution >= 0.6 is 0 Å². The SMILES string of the molecule is CC#Cc1cncc(-c2ccc3c(c2)[C@@]2(N=C(C)C(N)=N2)C2(CCC(OC)CC2)C3)c1.CC1(C)C2CC[C@@]1(CS(=O)(=O)O)C(=O)C2. The van der Waals surface area contributed by atoms with E-state index in [0.29, 0.717) is 24.8 Å². The number of pyridine rings is 1. The maximum absolute atomic E-state index is 11.9. The predicted molar refractivity (Wildman–Crippen MR) is 179 cm³/mol. The molecule has 1 aliphatic heterocycles. The van der Waals surface area contributed by atoms with E-state index in [1.54, 1.807) is 6.20 Å². The predicted octanol–water partition coefficient (Wildman–Crippen LogP) is 5.51. The fourth-order valence-corrected chi connectivity index (χ4v) is 10.4. The van der Waals surface area contributed by atoms with Gasteiger partial charge >= 0.3 is 0 Å². The molecule has 10 heteroatoms. The molecule has 1 aromatic heterocycles. The zero-order valence-corrected chi connectivity index (χ0v) is 28.2. The van der Waals surface area contributed by atoms with Crippen molar-refractivity contribution < 1.29 is 22.5 Å². The van der Waals surface area contributed by atoms with E-state index in [-0.39, 0.29) is 22.5 Å². The first-order chi connectivity index (χ1) is 21.7. The van der Waals surface area contributed by atoms with Gasteiger partial charge in [-0.25, -0.2) is 4.99 Å². The molecule has 7 rings (SSSR count). The van der Waals surface area contributed by atoms with Crippen LogP contribution in [0.1, 0.15) is 89.3 Å². The number of fused-ring (bicyclic) bond motifs is 5. The highest BCUT2D eigenvalue weighted by Gasteiger charge is 2.65. The summed E-state index contributed by atoms with van der Waals surface area (Å²) in [6, 6.07) is 8.78.